The summed E-state index contributed by atoms with van der Waals surface area (Å²) >= 11 is 6.96. The maximum atomic E-state index is 4.61. The Balaban J connectivity index is 2.18. The lowest BCUT2D eigenvalue weighted by atomic mass is 10.2. The molecule has 2 rings (SSSR count). The first kappa shape index (κ1) is 15.4. The van der Waals surface area contributed by atoms with Crippen LogP contribution in [0.25, 0.3) is 0 Å². The maximum absolute atomic E-state index is 4.61. The molecule has 1 aromatic carbocycles. The van der Waals surface area contributed by atoms with Crippen molar-refractivity contribution in [3.8, 4) is 0 Å². The molecule has 0 spiro atoms. The molecule has 3 nitrogen and oxygen atoms in total. The van der Waals surface area contributed by atoms with Crippen LogP contribution < -0.4 is 4.90 Å². The Hall–Kier alpha value is -0.940. The summed E-state index contributed by atoms with van der Waals surface area (Å²) in [4.78, 5) is 11.1. The summed E-state index contributed by atoms with van der Waals surface area (Å²) in [5.41, 5.74) is 1.24. The van der Waals surface area contributed by atoms with Crippen molar-refractivity contribution >= 4 is 37.7 Å². The Morgan fingerprint density at radius 2 is 1.95 bits per heavy atom. The second kappa shape index (κ2) is 7.18. The van der Waals surface area contributed by atoms with Crippen LogP contribution >= 0.6 is 31.9 Å². The summed E-state index contributed by atoms with van der Waals surface area (Å²) in [6.07, 6.45) is 1.95. The van der Waals surface area contributed by atoms with Gasteiger partial charge in [0.1, 0.15) is 16.2 Å². The van der Waals surface area contributed by atoms with Gasteiger partial charge in [0.25, 0.3) is 0 Å². The summed E-state index contributed by atoms with van der Waals surface area (Å²) in [6.45, 7) is 2.95. The Labute approximate surface area is 136 Å². The number of benzene rings is 1. The van der Waals surface area contributed by atoms with Crippen molar-refractivity contribution < 1.29 is 0 Å². The van der Waals surface area contributed by atoms with E-state index in [0.29, 0.717) is 0 Å². The molecule has 5 heteroatoms. The molecular weight excluding hydrogens is 382 g/mol. The van der Waals surface area contributed by atoms with Crippen molar-refractivity contribution in [3.63, 3.8) is 0 Å². The van der Waals surface area contributed by atoms with Gasteiger partial charge in [-0.2, -0.15) is 0 Å². The summed E-state index contributed by atoms with van der Waals surface area (Å²) in [6, 6.07) is 10.3. The van der Waals surface area contributed by atoms with Crippen LogP contribution in [0.3, 0.4) is 0 Å². The molecule has 106 valence electrons. The lowest BCUT2D eigenvalue weighted by Crippen LogP contribution is -2.18. The highest BCUT2D eigenvalue weighted by molar-refractivity contribution is 9.10. The fourth-order valence-electron chi connectivity index (χ4n) is 1.97. The van der Waals surface area contributed by atoms with Gasteiger partial charge < -0.3 is 4.90 Å². The molecule has 0 fully saturated rings. The average Bonchev–Trinajstić information content (AvgIpc) is 2.38. The molecule has 0 aliphatic rings. The molecule has 20 heavy (non-hydrogen) atoms. The van der Waals surface area contributed by atoms with Gasteiger partial charge in [0.2, 0.25) is 0 Å². The first-order valence-corrected chi connectivity index (χ1v) is 8.16. The second-order valence-corrected chi connectivity index (χ2v) is 6.43. The molecule has 0 radical (unpaired) electrons. The van der Waals surface area contributed by atoms with Crippen LogP contribution in [0.1, 0.15) is 24.7 Å². The summed E-state index contributed by atoms with van der Waals surface area (Å²) < 4.78 is 1.94. The molecule has 0 amide bonds. The number of hydrogen-bond donors (Lipinski definition) is 0. The highest BCUT2D eigenvalue weighted by atomic mass is 79.9. The van der Waals surface area contributed by atoms with Gasteiger partial charge in [-0.1, -0.05) is 35.0 Å². The number of anilines is 1. The third kappa shape index (κ3) is 4.28. The highest BCUT2D eigenvalue weighted by Gasteiger charge is 2.08. The zero-order chi connectivity index (χ0) is 14.5. The van der Waals surface area contributed by atoms with E-state index in [-0.39, 0.29) is 0 Å². The van der Waals surface area contributed by atoms with E-state index in [0.717, 1.165) is 40.1 Å². The van der Waals surface area contributed by atoms with E-state index in [4.69, 9.17) is 0 Å². The number of halogens is 2. The van der Waals surface area contributed by atoms with E-state index in [9.17, 15) is 0 Å². The van der Waals surface area contributed by atoms with Crippen LogP contribution in [0.2, 0.25) is 0 Å². The molecule has 0 saturated heterocycles. The van der Waals surface area contributed by atoms with Crippen molar-refractivity contribution in [3.05, 3.63) is 50.8 Å². The molecule has 0 aliphatic carbocycles. The van der Waals surface area contributed by atoms with Crippen LogP contribution in [0.5, 0.6) is 0 Å². The predicted molar refractivity (Wildman–Crippen MR) is 90.0 cm³/mol. The fourth-order valence-corrected chi connectivity index (χ4v) is 2.83. The van der Waals surface area contributed by atoms with E-state index in [1.807, 2.05) is 25.2 Å². The lowest BCUT2D eigenvalue weighted by molar-refractivity contribution is 0.806. The molecule has 0 N–H and O–H groups in total. The van der Waals surface area contributed by atoms with Gasteiger partial charge in [0, 0.05) is 30.6 Å². The Morgan fingerprint density at radius 1 is 1.15 bits per heavy atom. The summed E-state index contributed by atoms with van der Waals surface area (Å²) in [5.74, 6) is 1.83. The maximum Gasteiger partial charge on any atom is 0.133 e. The minimum Gasteiger partial charge on any atom is -0.355 e. The van der Waals surface area contributed by atoms with Gasteiger partial charge >= 0.3 is 0 Å². The first-order valence-electron chi connectivity index (χ1n) is 6.57. The van der Waals surface area contributed by atoms with Gasteiger partial charge in [-0.25, -0.2) is 9.97 Å². The smallest absolute Gasteiger partial charge is 0.133 e. The minimum atomic E-state index is 0.814. The summed E-state index contributed by atoms with van der Waals surface area (Å²) in [5, 5.41) is 0. The zero-order valence-corrected chi connectivity index (χ0v) is 14.8. The molecule has 0 saturated carbocycles. The van der Waals surface area contributed by atoms with E-state index in [2.05, 4.69) is 65.8 Å². The average molecular weight is 399 g/mol. The number of hydrogen-bond acceptors (Lipinski definition) is 3. The molecule has 1 heterocycles. The van der Waals surface area contributed by atoms with Crippen LogP contribution in [-0.2, 0) is 13.0 Å². The predicted octanol–water partition coefficient (Wildman–Crippen LogP) is 4.59. The van der Waals surface area contributed by atoms with Gasteiger partial charge in [-0.3, -0.25) is 0 Å². The van der Waals surface area contributed by atoms with Crippen LogP contribution in [0.15, 0.2) is 39.4 Å². The van der Waals surface area contributed by atoms with Gasteiger partial charge in [0.05, 0.1) is 0 Å². The largest absolute Gasteiger partial charge is 0.355 e. The quantitative estimate of drug-likeness (QED) is 0.689. The third-order valence-electron chi connectivity index (χ3n) is 2.90. The molecule has 0 atom stereocenters. The van der Waals surface area contributed by atoms with Crippen LogP contribution in [0.4, 0.5) is 5.82 Å². The van der Waals surface area contributed by atoms with E-state index >= 15 is 0 Å². The van der Waals surface area contributed by atoms with E-state index < -0.39 is 0 Å². The van der Waals surface area contributed by atoms with Crippen LogP contribution in [0, 0.1) is 0 Å². The minimum absolute atomic E-state index is 0.814. The SMILES string of the molecule is CCCc1nc(Br)cc(N(C)Cc2cccc(Br)c2)n1. The third-order valence-corrected chi connectivity index (χ3v) is 3.80. The highest BCUT2D eigenvalue weighted by Crippen LogP contribution is 2.19. The Bertz CT molecular complexity index is 587. The number of rotatable bonds is 5. The first-order chi connectivity index (χ1) is 9.58. The van der Waals surface area contributed by atoms with Crippen molar-refractivity contribution in [2.45, 2.75) is 26.3 Å². The second-order valence-electron chi connectivity index (χ2n) is 4.70. The van der Waals surface area contributed by atoms with Crippen molar-refractivity contribution in [1.82, 2.24) is 9.97 Å². The number of aryl methyl sites for hydroxylation is 1. The fraction of sp³-hybridized carbons (Fsp3) is 0.333. The van der Waals surface area contributed by atoms with Crippen molar-refractivity contribution in [1.29, 1.82) is 0 Å². The van der Waals surface area contributed by atoms with Crippen molar-refractivity contribution in [2.24, 2.45) is 0 Å². The number of nitrogens with zero attached hydrogens (tertiary/aromatic N) is 3. The van der Waals surface area contributed by atoms with Gasteiger partial charge in [0.15, 0.2) is 0 Å². The van der Waals surface area contributed by atoms with Crippen molar-refractivity contribution in [2.75, 3.05) is 11.9 Å². The van der Waals surface area contributed by atoms with Gasteiger partial charge in [-0.15, -0.1) is 0 Å². The monoisotopic (exact) mass is 397 g/mol. The normalized spacial score (nSPS) is 10.6. The Kier molecular flexibility index (Phi) is 5.54. The lowest BCUT2D eigenvalue weighted by Gasteiger charge is -2.19. The molecular formula is C15H17Br2N3. The number of aromatic nitrogens is 2. The summed E-state index contributed by atoms with van der Waals surface area (Å²) in [7, 11) is 2.05. The zero-order valence-electron chi connectivity index (χ0n) is 11.6. The Morgan fingerprint density at radius 3 is 2.65 bits per heavy atom. The molecule has 0 aliphatic heterocycles. The van der Waals surface area contributed by atoms with E-state index in [1.54, 1.807) is 0 Å². The topological polar surface area (TPSA) is 29.0 Å². The molecule has 1 aromatic heterocycles. The standard InChI is InChI=1S/C15H17Br2N3/c1-3-5-14-18-13(17)9-15(19-14)20(2)10-11-6-4-7-12(16)8-11/h4,6-9H,3,5,10H2,1-2H3. The van der Waals surface area contributed by atoms with Crippen LogP contribution in [-0.4, -0.2) is 17.0 Å². The van der Waals surface area contributed by atoms with Gasteiger partial charge in [-0.05, 0) is 40.0 Å². The molecule has 2 aromatic rings. The van der Waals surface area contributed by atoms with E-state index in [1.165, 1.54) is 5.56 Å². The molecule has 0 unspecified atom stereocenters. The molecule has 0 bridgehead atoms.